The Morgan fingerprint density at radius 1 is 1.43 bits per heavy atom. The fourth-order valence-electron chi connectivity index (χ4n) is 1.27. The molecule has 2 aromatic heterocycles. The Hall–Kier alpha value is -1.35. The van der Waals surface area contributed by atoms with Crippen molar-refractivity contribution < 1.29 is 0 Å². The van der Waals surface area contributed by atoms with E-state index in [1.807, 2.05) is 26.1 Å². The summed E-state index contributed by atoms with van der Waals surface area (Å²) in [5, 5.41) is 5.02. The van der Waals surface area contributed by atoms with Gasteiger partial charge in [-0.2, -0.15) is 5.10 Å². The molecule has 14 heavy (non-hydrogen) atoms. The third-order valence-corrected chi connectivity index (χ3v) is 2.65. The van der Waals surface area contributed by atoms with Crippen molar-refractivity contribution in [1.29, 1.82) is 0 Å². The van der Waals surface area contributed by atoms with E-state index in [1.165, 1.54) is 0 Å². The Balaban J connectivity index is 2.58. The van der Waals surface area contributed by atoms with Crippen LogP contribution in [0.15, 0.2) is 24.5 Å². The molecule has 0 atom stereocenters. The van der Waals surface area contributed by atoms with Crippen LogP contribution in [0, 0.1) is 6.92 Å². The molecule has 0 amide bonds. The lowest BCUT2D eigenvalue weighted by Crippen LogP contribution is -1.92. The minimum atomic E-state index is 0.695. The smallest absolute Gasteiger partial charge is 0.113 e. The molecule has 72 valence electrons. The second kappa shape index (κ2) is 3.42. The maximum absolute atomic E-state index is 6.14. The van der Waals surface area contributed by atoms with Crippen molar-refractivity contribution in [2.24, 2.45) is 7.05 Å². The quantitative estimate of drug-likeness (QED) is 0.719. The van der Waals surface area contributed by atoms with Crippen LogP contribution in [0.1, 0.15) is 5.69 Å². The summed E-state index contributed by atoms with van der Waals surface area (Å²) in [6, 6.07) is 3.82. The molecule has 0 fully saturated rings. The molecule has 0 unspecified atom stereocenters. The van der Waals surface area contributed by atoms with Gasteiger partial charge in [0.2, 0.25) is 0 Å². The molecule has 2 aromatic rings. The Labute approximate surface area is 87.3 Å². The van der Waals surface area contributed by atoms with Gasteiger partial charge in [-0.3, -0.25) is 9.67 Å². The van der Waals surface area contributed by atoms with E-state index in [2.05, 4.69) is 10.1 Å². The first kappa shape index (κ1) is 9.21. The van der Waals surface area contributed by atoms with Gasteiger partial charge in [0, 0.05) is 25.0 Å². The fourth-order valence-corrected chi connectivity index (χ4v) is 1.54. The van der Waals surface area contributed by atoms with Gasteiger partial charge in [0.15, 0.2) is 0 Å². The summed E-state index contributed by atoms with van der Waals surface area (Å²) in [5.74, 6) is 0. The summed E-state index contributed by atoms with van der Waals surface area (Å²) in [6.45, 7) is 1.94. The lowest BCUT2D eigenvalue weighted by Gasteiger charge is -1.94. The second-order valence-corrected chi connectivity index (χ2v) is 3.49. The molecule has 0 bridgehead atoms. The van der Waals surface area contributed by atoms with Gasteiger partial charge in [0.1, 0.15) is 5.69 Å². The first-order valence-corrected chi connectivity index (χ1v) is 4.67. The van der Waals surface area contributed by atoms with E-state index < -0.39 is 0 Å². The van der Waals surface area contributed by atoms with Crippen LogP contribution in [0.25, 0.3) is 11.3 Å². The molecule has 0 aliphatic carbocycles. The molecule has 3 nitrogen and oxygen atoms in total. The van der Waals surface area contributed by atoms with E-state index in [0.717, 1.165) is 17.0 Å². The van der Waals surface area contributed by atoms with Crippen LogP contribution in [-0.4, -0.2) is 14.8 Å². The van der Waals surface area contributed by atoms with E-state index in [4.69, 9.17) is 11.6 Å². The van der Waals surface area contributed by atoms with Crippen LogP contribution >= 0.6 is 11.6 Å². The first-order chi connectivity index (χ1) is 6.70. The summed E-state index contributed by atoms with van der Waals surface area (Å²) in [5.41, 5.74) is 2.70. The van der Waals surface area contributed by atoms with Crippen molar-refractivity contribution >= 4 is 11.6 Å². The molecule has 0 aliphatic heterocycles. The standard InChI is InChI=1S/C10H10ClN3/c1-7-9(11)10(13-14(7)2)8-4-3-5-12-6-8/h3-6H,1-2H3. The highest BCUT2D eigenvalue weighted by molar-refractivity contribution is 6.33. The minimum absolute atomic E-state index is 0.695. The summed E-state index contributed by atoms with van der Waals surface area (Å²) < 4.78 is 1.77. The normalized spacial score (nSPS) is 10.5. The third-order valence-electron chi connectivity index (χ3n) is 2.20. The Kier molecular flexibility index (Phi) is 2.25. The van der Waals surface area contributed by atoms with E-state index in [1.54, 1.807) is 17.1 Å². The van der Waals surface area contributed by atoms with Crippen LogP contribution in [0.5, 0.6) is 0 Å². The van der Waals surface area contributed by atoms with Gasteiger partial charge in [-0.05, 0) is 19.1 Å². The number of halogens is 1. The minimum Gasteiger partial charge on any atom is -0.271 e. The summed E-state index contributed by atoms with van der Waals surface area (Å²) in [6.07, 6.45) is 3.49. The molecule has 0 aliphatic rings. The molecule has 0 saturated carbocycles. The van der Waals surface area contributed by atoms with Gasteiger partial charge in [0.05, 0.1) is 10.7 Å². The lowest BCUT2D eigenvalue weighted by atomic mass is 10.2. The summed E-state index contributed by atoms with van der Waals surface area (Å²) in [7, 11) is 1.88. The zero-order valence-corrected chi connectivity index (χ0v) is 8.78. The monoisotopic (exact) mass is 207 g/mol. The molecule has 2 rings (SSSR count). The van der Waals surface area contributed by atoms with Gasteiger partial charge >= 0.3 is 0 Å². The number of pyridine rings is 1. The summed E-state index contributed by atoms with van der Waals surface area (Å²) in [4.78, 5) is 4.03. The molecule has 0 saturated heterocycles. The predicted octanol–water partition coefficient (Wildman–Crippen LogP) is 2.44. The van der Waals surface area contributed by atoms with Crippen LogP contribution in [0.3, 0.4) is 0 Å². The Morgan fingerprint density at radius 3 is 2.71 bits per heavy atom. The van der Waals surface area contributed by atoms with E-state index >= 15 is 0 Å². The van der Waals surface area contributed by atoms with Gasteiger partial charge in [-0.15, -0.1) is 0 Å². The second-order valence-electron chi connectivity index (χ2n) is 3.11. The van der Waals surface area contributed by atoms with Crippen molar-refractivity contribution in [2.45, 2.75) is 6.92 Å². The molecule has 4 heteroatoms. The van der Waals surface area contributed by atoms with E-state index in [0.29, 0.717) is 5.02 Å². The number of aryl methyl sites for hydroxylation is 1. The largest absolute Gasteiger partial charge is 0.271 e. The maximum atomic E-state index is 6.14. The average molecular weight is 208 g/mol. The number of rotatable bonds is 1. The van der Waals surface area contributed by atoms with Crippen molar-refractivity contribution in [1.82, 2.24) is 14.8 Å². The van der Waals surface area contributed by atoms with Gasteiger partial charge in [-0.1, -0.05) is 11.6 Å². The number of hydrogen-bond acceptors (Lipinski definition) is 2. The van der Waals surface area contributed by atoms with E-state index in [9.17, 15) is 0 Å². The number of aromatic nitrogens is 3. The zero-order chi connectivity index (χ0) is 10.1. The fraction of sp³-hybridized carbons (Fsp3) is 0.200. The molecule has 0 radical (unpaired) electrons. The third kappa shape index (κ3) is 1.40. The zero-order valence-electron chi connectivity index (χ0n) is 8.03. The van der Waals surface area contributed by atoms with Crippen LogP contribution < -0.4 is 0 Å². The lowest BCUT2D eigenvalue weighted by molar-refractivity contribution is 0.743. The highest BCUT2D eigenvalue weighted by atomic mass is 35.5. The van der Waals surface area contributed by atoms with Crippen LogP contribution in [0.4, 0.5) is 0 Å². The first-order valence-electron chi connectivity index (χ1n) is 4.29. The van der Waals surface area contributed by atoms with Crippen LogP contribution in [-0.2, 0) is 7.05 Å². The van der Waals surface area contributed by atoms with Gasteiger partial charge in [0.25, 0.3) is 0 Å². The van der Waals surface area contributed by atoms with Crippen LogP contribution in [0.2, 0.25) is 5.02 Å². The van der Waals surface area contributed by atoms with Crippen molar-refractivity contribution in [2.75, 3.05) is 0 Å². The van der Waals surface area contributed by atoms with Crippen molar-refractivity contribution in [3.63, 3.8) is 0 Å². The van der Waals surface area contributed by atoms with Gasteiger partial charge in [-0.25, -0.2) is 0 Å². The molecule has 0 aromatic carbocycles. The molecular weight excluding hydrogens is 198 g/mol. The van der Waals surface area contributed by atoms with E-state index in [-0.39, 0.29) is 0 Å². The molecule has 0 spiro atoms. The highest BCUT2D eigenvalue weighted by Gasteiger charge is 2.11. The van der Waals surface area contributed by atoms with Gasteiger partial charge < -0.3 is 0 Å². The predicted molar refractivity (Wildman–Crippen MR) is 56.2 cm³/mol. The SMILES string of the molecule is Cc1c(Cl)c(-c2cccnc2)nn1C. The Morgan fingerprint density at radius 2 is 2.21 bits per heavy atom. The molecule has 2 heterocycles. The average Bonchev–Trinajstić information content (AvgIpc) is 2.47. The van der Waals surface area contributed by atoms with Crippen molar-refractivity contribution in [3.8, 4) is 11.3 Å². The Bertz CT molecular complexity index is 448. The topological polar surface area (TPSA) is 30.7 Å². The summed E-state index contributed by atoms with van der Waals surface area (Å²) >= 11 is 6.14. The number of hydrogen-bond donors (Lipinski definition) is 0. The van der Waals surface area contributed by atoms with Crippen molar-refractivity contribution in [3.05, 3.63) is 35.2 Å². The maximum Gasteiger partial charge on any atom is 0.113 e. The molecular formula is C10H10ClN3. The number of nitrogens with zero attached hydrogens (tertiary/aromatic N) is 3. The highest BCUT2D eigenvalue weighted by Crippen LogP contribution is 2.28. The molecule has 0 N–H and O–H groups in total.